The predicted molar refractivity (Wildman–Crippen MR) is 120 cm³/mol. The molecule has 12 nitrogen and oxygen atoms in total. The Morgan fingerprint density at radius 1 is 1.44 bits per heavy atom. The molecular weight excluding hydrogens is 458 g/mol. The number of likely N-dealkylation sites (N-methyl/N-ethyl adjacent to an activating group) is 1. The van der Waals surface area contributed by atoms with E-state index in [2.05, 4.69) is 19.8 Å². The minimum absolute atomic E-state index is 0.0254. The molecule has 2 unspecified atom stereocenters. The van der Waals surface area contributed by atoms with Gasteiger partial charge >= 0.3 is 5.97 Å². The number of thioether (sulfide) groups is 1. The molecule has 14 heteroatoms. The van der Waals surface area contributed by atoms with Crippen LogP contribution in [0.5, 0.6) is 0 Å². The first-order valence-electron chi connectivity index (χ1n) is 9.43. The number of oxime groups is 1. The number of quaternary nitrogens is 1. The number of nitrogens with one attached hydrogen (secondary N) is 1. The van der Waals surface area contributed by atoms with Crippen molar-refractivity contribution in [3.63, 3.8) is 0 Å². The zero-order chi connectivity index (χ0) is 23.6. The fourth-order valence-electron chi connectivity index (χ4n) is 3.10. The minimum atomic E-state index is -1.19. The molecule has 1 aromatic rings. The predicted octanol–water partition coefficient (Wildman–Crippen LogP) is -0.528. The van der Waals surface area contributed by atoms with Gasteiger partial charge in [0.15, 0.2) is 5.13 Å². The number of hydrogen-bond acceptors (Lipinski definition) is 10. The molecule has 0 radical (unpaired) electrons. The van der Waals surface area contributed by atoms with Crippen molar-refractivity contribution >= 4 is 51.9 Å². The summed E-state index contributed by atoms with van der Waals surface area (Å²) in [5.74, 6) is -2.07. The van der Waals surface area contributed by atoms with Gasteiger partial charge in [-0.15, -0.1) is 11.8 Å². The lowest BCUT2D eigenvalue weighted by Crippen LogP contribution is -2.71. The van der Waals surface area contributed by atoms with E-state index in [0.717, 1.165) is 11.5 Å². The number of carbonyl (C=O) groups is 3. The highest BCUT2D eigenvalue weighted by Gasteiger charge is 2.54. The molecule has 3 heterocycles. The number of amides is 2. The average Bonchev–Trinajstić information content (AvgIpc) is 3.14. The van der Waals surface area contributed by atoms with E-state index in [1.165, 1.54) is 23.8 Å². The van der Waals surface area contributed by atoms with Gasteiger partial charge in [-0.2, -0.15) is 9.36 Å². The largest absolute Gasteiger partial charge is 0.477 e. The Kier molecular flexibility index (Phi) is 6.85. The van der Waals surface area contributed by atoms with Crippen LogP contribution < -0.4 is 11.1 Å². The van der Waals surface area contributed by atoms with Gasteiger partial charge in [-0.25, -0.2) is 4.79 Å². The van der Waals surface area contributed by atoms with Gasteiger partial charge in [-0.1, -0.05) is 11.2 Å². The van der Waals surface area contributed by atoms with Crippen molar-refractivity contribution in [2.24, 2.45) is 5.16 Å². The maximum Gasteiger partial charge on any atom is 0.352 e. The van der Waals surface area contributed by atoms with Gasteiger partial charge in [0.25, 0.3) is 11.8 Å². The van der Waals surface area contributed by atoms with E-state index >= 15 is 0 Å². The number of allylic oxidation sites excluding steroid dienone is 1. The maximum atomic E-state index is 12.8. The number of nitrogens with two attached hydrogens (primary N) is 1. The second-order valence-corrected chi connectivity index (χ2v) is 9.88. The van der Waals surface area contributed by atoms with Crippen molar-refractivity contribution in [3.05, 3.63) is 29.2 Å². The van der Waals surface area contributed by atoms with Crippen LogP contribution in [0.15, 0.2) is 28.6 Å². The molecule has 0 bridgehead atoms. The Labute approximate surface area is 192 Å². The third-order valence-electron chi connectivity index (χ3n) is 4.51. The molecule has 2 aliphatic rings. The summed E-state index contributed by atoms with van der Waals surface area (Å²) in [5, 5.41) is 15.6. The number of anilines is 1. The summed E-state index contributed by atoms with van der Waals surface area (Å²) in [7, 11) is 7.32. The van der Waals surface area contributed by atoms with Crippen molar-refractivity contribution < 1.29 is 28.8 Å². The summed E-state index contributed by atoms with van der Waals surface area (Å²) in [5.41, 5.74) is 5.81. The maximum absolute atomic E-state index is 12.8. The third kappa shape index (κ3) is 4.92. The molecule has 172 valence electrons. The first-order chi connectivity index (χ1) is 15.0. The molecule has 1 saturated heterocycles. The molecule has 1 aromatic heterocycles. The zero-order valence-electron chi connectivity index (χ0n) is 17.9. The lowest BCUT2D eigenvalue weighted by molar-refractivity contribution is -0.864. The Balaban J connectivity index is 1.78. The first-order valence-corrected chi connectivity index (χ1v) is 11.3. The molecule has 32 heavy (non-hydrogen) atoms. The summed E-state index contributed by atoms with van der Waals surface area (Å²) in [6, 6.07) is -0.920. The topological polar surface area (TPSA) is 160 Å². The standard InChI is InChI=1S/C18H23N7O5S2/c1-25(2,3)7-5-6-9-8-31-16-11(15(27)24(16)12(9)17(28)29)20-14(26)10(22-30-4)13-21-18(19)32-23-13/h5-6,11,16H,7-8H2,1-4H3,(H3-,19,20,21,23,26,28,29)/p+1/b6-5+,22-10+. The quantitative estimate of drug-likeness (QED) is 0.191. The summed E-state index contributed by atoms with van der Waals surface area (Å²) >= 11 is 2.26. The molecule has 0 spiro atoms. The van der Waals surface area contributed by atoms with Gasteiger partial charge in [0, 0.05) is 17.3 Å². The summed E-state index contributed by atoms with van der Waals surface area (Å²) in [4.78, 5) is 47.3. The van der Waals surface area contributed by atoms with Crippen LogP contribution in [0.3, 0.4) is 0 Å². The molecule has 2 amide bonds. The lowest BCUT2D eigenvalue weighted by atomic mass is 10.0. The van der Waals surface area contributed by atoms with Gasteiger partial charge in [0.2, 0.25) is 11.5 Å². The molecular formula is C18H24N7O5S2+. The molecule has 0 aromatic carbocycles. The number of β-lactam (4-membered cyclic amide) rings is 1. The van der Waals surface area contributed by atoms with Crippen LogP contribution in [0, 0.1) is 0 Å². The number of carboxylic acids is 1. The van der Waals surface area contributed by atoms with E-state index in [1.807, 2.05) is 27.2 Å². The Hall–Kier alpha value is -2.97. The molecule has 4 N–H and O–H groups in total. The Bertz CT molecular complexity index is 1030. The smallest absolute Gasteiger partial charge is 0.352 e. The normalized spacial score (nSPS) is 21.4. The van der Waals surface area contributed by atoms with Crippen LogP contribution in [0.2, 0.25) is 0 Å². The number of aromatic nitrogens is 2. The van der Waals surface area contributed by atoms with Gasteiger partial charge in [-0.05, 0) is 11.6 Å². The van der Waals surface area contributed by atoms with Gasteiger partial charge < -0.3 is 25.5 Å². The van der Waals surface area contributed by atoms with Gasteiger partial charge in [-0.3, -0.25) is 14.5 Å². The van der Waals surface area contributed by atoms with E-state index in [-0.39, 0.29) is 22.4 Å². The number of carbonyl (C=O) groups excluding carboxylic acids is 2. The monoisotopic (exact) mass is 482 g/mol. The molecule has 3 rings (SSSR count). The SMILES string of the molecule is CO/N=C(/C(=O)NC1C(=O)N2C(C(=O)O)=C(/C=C/C[N+](C)(C)C)CSC12)c1nsc(N)n1. The number of fused-ring (bicyclic) bond motifs is 1. The second kappa shape index (κ2) is 9.26. The number of nitrogen functional groups attached to an aromatic ring is 1. The molecule has 2 aliphatic heterocycles. The van der Waals surface area contributed by atoms with Gasteiger partial charge in [0.05, 0.1) is 27.7 Å². The number of hydrogen-bond donors (Lipinski definition) is 3. The van der Waals surface area contributed by atoms with Crippen LogP contribution in [-0.2, 0) is 19.2 Å². The molecule has 0 saturated carbocycles. The third-order valence-corrected chi connectivity index (χ3v) is 6.36. The van der Waals surface area contributed by atoms with Crippen LogP contribution in [0.25, 0.3) is 0 Å². The molecule has 2 atom stereocenters. The highest BCUT2D eigenvalue weighted by atomic mass is 32.2. The molecule has 1 fully saturated rings. The van der Waals surface area contributed by atoms with Crippen LogP contribution in [0.1, 0.15) is 5.82 Å². The van der Waals surface area contributed by atoms with E-state index in [1.54, 1.807) is 6.08 Å². The summed E-state index contributed by atoms with van der Waals surface area (Å²) in [6.45, 7) is 0.702. The Morgan fingerprint density at radius 3 is 2.72 bits per heavy atom. The average molecular weight is 483 g/mol. The minimum Gasteiger partial charge on any atom is -0.477 e. The van der Waals surface area contributed by atoms with E-state index < -0.39 is 29.2 Å². The van der Waals surface area contributed by atoms with Crippen LogP contribution >= 0.6 is 23.3 Å². The number of aliphatic carboxylic acids is 1. The number of nitrogens with zero attached hydrogens (tertiary/aromatic N) is 5. The van der Waals surface area contributed by atoms with Gasteiger partial charge in [0.1, 0.15) is 24.2 Å². The van der Waals surface area contributed by atoms with E-state index in [0.29, 0.717) is 22.4 Å². The first kappa shape index (κ1) is 23.7. The fraction of sp³-hybridized carbons (Fsp3) is 0.444. The van der Waals surface area contributed by atoms with Crippen molar-refractivity contribution in [1.29, 1.82) is 0 Å². The lowest BCUT2D eigenvalue weighted by Gasteiger charge is -2.49. The number of rotatable bonds is 8. The Morgan fingerprint density at radius 2 is 2.16 bits per heavy atom. The highest BCUT2D eigenvalue weighted by Crippen LogP contribution is 2.40. The summed E-state index contributed by atoms with van der Waals surface area (Å²) < 4.78 is 4.62. The van der Waals surface area contributed by atoms with Crippen LogP contribution in [0.4, 0.5) is 5.13 Å². The van der Waals surface area contributed by atoms with E-state index in [9.17, 15) is 19.5 Å². The van der Waals surface area contributed by atoms with Crippen molar-refractivity contribution in [3.8, 4) is 0 Å². The number of carboxylic acid groups (broad SMARTS) is 1. The van der Waals surface area contributed by atoms with E-state index in [4.69, 9.17) is 10.6 Å². The van der Waals surface area contributed by atoms with Crippen molar-refractivity contribution in [1.82, 2.24) is 19.6 Å². The zero-order valence-corrected chi connectivity index (χ0v) is 19.6. The summed E-state index contributed by atoms with van der Waals surface area (Å²) in [6.07, 6.45) is 3.64. The molecule has 0 aliphatic carbocycles. The van der Waals surface area contributed by atoms with Crippen molar-refractivity contribution in [2.75, 3.05) is 46.3 Å². The fourth-order valence-corrected chi connectivity index (χ4v) is 4.85. The van der Waals surface area contributed by atoms with Crippen molar-refractivity contribution in [2.45, 2.75) is 11.4 Å². The second-order valence-electron chi connectivity index (χ2n) is 7.99. The van der Waals surface area contributed by atoms with Crippen LogP contribution in [-0.4, -0.2) is 99.3 Å². The highest BCUT2D eigenvalue weighted by molar-refractivity contribution is 8.00.